The molecule has 27 heavy (non-hydrogen) atoms. The molecule has 8 nitrogen and oxygen atoms in total. The predicted octanol–water partition coefficient (Wildman–Crippen LogP) is 1.43. The van der Waals surface area contributed by atoms with Crippen LogP contribution in [0.15, 0.2) is 29.1 Å². The molecule has 142 valence electrons. The predicted molar refractivity (Wildman–Crippen MR) is 97.0 cm³/mol. The Hall–Kier alpha value is -2.77. The lowest BCUT2D eigenvalue weighted by atomic mass is 9.84. The quantitative estimate of drug-likeness (QED) is 0.873. The largest absolute Gasteiger partial charge is 0.480 e. The molecule has 0 unspecified atom stereocenters. The van der Waals surface area contributed by atoms with Gasteiger partial charge in [0.05, 0.1) is 11.9 Å². The molecule has 4 rings (SSSR count). The van der Waals surface area contributed by atoms with Gasteiger partial charge in [-0.3, -0.25) is 9.59 Å². The molecule has 1 aromatic carbocycles. The number of nitrogens with zero attached hydrogens (tertiary/aromatic N) is 4. The molecule has 2 fully saturated rings. The van der Waals surface area contributed by atoms with E-state index in [0.29, 0.717) is 17.3 Å². The minimum absolute atomic E-state index is 0.00626. The number of aromatic nitrogens is 3. The number of aliphatic carboxylic acids is 1. The molecule has 1 saturated heterocycles. The summed E-state index contributed by atoms with van der Waals surface area (Å²) in [6.45, 7) is 0.0930. The summed E-state index contributed by atoms with van der Waals surface area (Å²) in [5, 5.41) is 17.9. The van der Waals surface area contributed by atoms with Gasteiger partial charge in [0.25, 0.3) is 5.56 Å². The molecule has 0 bridgehead atoms. The lowest BCUT2D eigenvalue weighted by Crippen LogP contribution is -2.46. The Morgan fingerprint density at radius 2 is 1.96 bits per heavy atom. The zero-order chi connectivity index (χ0) is 19.0. The number of carbonyl (C=O) groups is 2. The first-order valence-electron chi connectivity index (χ1n) is 9.43. The van der Waals surface area contributed by atoms with Crippen LogP contribution >= 0.6 is 0 Å². The van der Waals surface area contributed by atoms with Crippen LogP contribution in [0.3, 0.4) is 0 Å². The summed E-state index contributed by atoms with van der Waals surface area (Å²) in [7, 11) is 0. The number of hydrogen-bond donors (Lipinski definition) is 1. The van der Waals surface area contributed by atoms with E-state index in [1.165, 1.54) is 4.68 Å². The van der Waals surface area contributed by atoms with Gasteiger partial charge in [0.2, 0.25) is 5.91 Å². The van der Waals surface area contributed by atoms with Gasteiger partial charge in [-0.2, -0.15) is 0 Å². The minimum Gasteiger partial charge on any atom is -0.480 e. The number of likely N-dealkylation sites (tertiary alicyclic amines) is 1. The van der Waals surface area contributed by atoms with E-state index in [-0.39, 0.29) is 36.4 Å². The minimum atomic E-state index is -0.944. The van der Waals surface area contributed by atoms with Crippen molar-refractivity contribution in [2.24, 2.45) is 5.92 Å². The number of hydrogen-bond acceptors (Lipinski definition) is 5. The fourth-order valence-electron chi connectivity index (χ4n) is 4.54. The van der Waals surface area contributed by atoms with E-state index in [1.807, 2.05) is 0 Å². The van der Waals surface area contributed by atoms with Gasteiger partial charge < -0.3 is 10.0 Å². The Kier molecular flexibility index (Phi) is 4.63. The second-order valence-electron chi connectivity index (χ2n) is 7.39. The normalized spacial score (nSPS) is 24.7. The molecule has 1 aromatic heterocycles. The molecule has 1 aliphatic heterocycles. The average Bonchev–Trinajstić information content (AvgIpc) is 3.07. The van der Waals surface area contributed by atoms with E-state index in [0.717, 1.165) is 25.7 Å². The molecule has 1 aliphatic carbocycles. The van der Waals surface area contributed by atoms with Crippen molar-refractivity contribution in [1.29, 1.82) is 0 Å². The zero-order valence-corrected chi connectivity index (χ0v) is 15.0. The van der Waals surface area contributed by atoms with Gasteiger partial charge >= 0.3 is 5.97 Å². The van der Waals surface area contributed by atoms with Crippen molar-refractivity contribution < 1.29 is 14.7 Å². The maximum absolute atomic E-state index is 12.9. The molecule has 2 aromatic rings. The molecule has 8 heteroatoms. The lowest BCUT2D eigenvalue weighted by molar-refractivity contribution is -0.150. The van der Waals surface area contributed by atoms with E-state index in [1.54, 1.807) is 29.2 Å². The summed E-state index contributed by atoms with van der Waals surface area (Å²) in [5.41, 5.74) is 0.223. The fraction of sp³-hybridized carbons (Fsp3) is 0.526. The van der Waals surface area contributed by atoms with Gasteiger partial charge in [-0.15, -0.1) is 5.10 Å². The van der Waals surface area contributed by atoms with Crippen LogP contribution in [0.1, 0.15) is 38.5 Å². The highest BCUT2D eigenvalue weighted by molar-refractivity contribution is 5.84. The SMILES string of the molecule is O=C(O)[C@@H]1C[C@@H]2CCCC[C@H]2N1C(=O)CCn1nnc2ccccc2c1=O. The summed E-state index contributed by atoms with van der Waals surface area (Å²) in [6.07, 6.45) is 4.52. The first kappa shape index (κ1) is 17.6. The smallest absolute Gasteiger partial charge is 0.326 e. The van der Waals surface area contributed by atoms with Gasteiger partial charge in [0.1, 0.15) is 11.6 Å². The van der Waals surface area contributed by atoms with Crippen molar-refractivity contribution in [3.8, 4) is 0 Å². The van der Waals surface area contributed by atoms with Crippen molar-refractivity contribution in [3.63, 3.8) is 0 Å². The topological polar surface area (TPSA) is 105 Å². The highest BCUT2D eigenvalue weighted by Crippen LogP contribution is 2.40. The number of rotatable bonds is 4. The highest BCUT2D eigenvalue weighted by atomic mass is 16.4. The van der Waals surface area contributed by atoms with Gasteiger partial charge in [-0.05, 0) is 37.3 Å². The molecule has 1 N–H and O–H groups in total. The Balaban J connectivity index is 1.52. The maximum Gasteiger partial charge on any atom is 0.326 e. The number of aryl methyl sites for hydroxylation is 1. The second kappa shape index (κ2) is 7.09. The Morgan fingerprint density at radius 3 is 2.78 bits per heavy atom. The third-order valence-electron chi connectivity index (χ3n) is 5.83. The van der Waals surface area contributed by atoms with E-state index in [9.17, 15) is 19.5 Å². The van der Waals surface area contributed by atoms with Crippen LogP contribution in [-0.4, -0.2) is 49.0 Å². The Labute approximate surface area is 155 Å². The van der Waals surface area contributed by atoms with Crippen LogP contribution in [0.5, 0.6) is 0 Å². The number of amides is 1. The van der Waals surface area contributed by atoms with E-state index in [4.69, 9.17) is 0 Å². The van der Waals surface area contributed by atoms with E-state index in [2.05, 4.69) is 10.3 Å². The highest BCUT2D eigenvalue weighted by Gasteiger charge is 2.47. The van der Waals surface area contributed by atoms with Crippen molar-refractivity contribution >= 4 is 22.8 Å². The van der Waals surface area contributed by atoms with Gasteiger partial charge in [-0.25, -0.2) is 9.48 Å². The van der Waals surface area contributed by atoms with E-state index < -0.39 is 12.0 Å². The monoisotopic (exact) mass is 370 g/mol. The summed E-state index contributed by atoms with van der Waals surface area (Å²) >= 11 is 0. The van der Waals surface area contributed by atoms with Crippen molar-refractivity contribution in [2.75, 3.05) is 0 Å². The van der Waals surface area contributed by atoms with Crippen molar-refractivity contribution in [3.05, 3.63) is 34.6 Å². The van der Waals surface area contributed by atoms with Gasteiger partial charge in [0.15, 0.2) is 0 Å². The molecule has 0 radical (unpaired) electrons. The number of carboxylic acid groups (broad SMARTS) is 1. The van der Waals surface area contributed by atoms with Crippen LogP contribution in [0.4, 0.5) is 0 Å². The third kappa shape index (κ3) is 3.20. The van der Waals surface area contributed by atoms with Crippen LogP contribution < -0.4 is 5.56 Å². The standard InChI is InChI=1S/C19H22N4O4/c24-17(23-15-8-4-1-5-12(15)11-16(23)19(26)27)9-10-22-18(25)13-6-2-3-7-14(13)20-21-22/h2-3,6-7,12,15-16H,1,4-5,8-11H2,(H,26,27)/t12-,15+,16-/m0/s1. The molecule has 2 heterocycles. The summed E-state index contributed by atoms with van der Waals surface area (Å²) in [4.78, 5) is 38.6. The fourth-order valence-corrected chi connectivity index (χ4v) is 4.54. The van der Waals surface area contributed by atoms with Gasteiger partial charge in [0, 0.05) is 12.5 Å². The number of benzene rings is 1. The lowest BCUT2D eigenvalue weighted by Gasteiger charge is -2.33. The third-order valence-corrected chi connectivity index (χ3v) is 5.83. The number of carboxylic acids is 1. The molecule has 3 atom stereocenters. The van der Waals surface area contributed by atoms with Crippen LogP contribution in [0.2, 0.25) is 0 Å². The molecular formula is C19H22N4O4. The molecule has 0 spiro atoms. The van der Waals surface area contributed by atoms with Gasteiger partial charge in [-0.1, -0.05) is 30.2 Å². The first-order chi connectivity index (χ1) is 13.1. The summed E-state index contributed by atoms with van der Waals surface area (Å²) < 4.78 is 1.18. The van der Waals surface area contributed by atoms with Crippen molar-refractivity contribution in [2.45, 2.75) is 57.2 Å². The summed E-state index contributed by atoms with van der Waals surface area (Å²) in [5.74, 6) is -0.897. The molecular weight excluding hydrogens is 348 g/mol. The second-order valence-corrected chi connectivity index (χ2v) is 7.39. The zero-order valence-electron chi connectivity index (χ0n) is 15.0. The van der Waals surface area contributed by atoms with Crippen LogP contribution in [0, 0.1) is 5.92 Å². The number of fused-ring (bicyclic) bond motifs is 2. The molecule has 1 saturated carbocycles. The summed E-state index contributed by atoms with van der Waals surface area (Å²) in [6, 6.07) is 6.18. The number of carbonyl (C=O) groups excluding carboxylic acids is 1. The Bertz CT molecular complexity index is 941. The van der Waals surface area contributed by atoms with E-state index >= 15 is 0 Å². The first-order valence-corrected chi connectivity index (χ1v) is 9.43. The average molecular weight is 370 g/mol. The Morgan fingerprint density at radius 1 is 1.19 bits per heavy atom. The van der Waals surface area contributed by atoms with Crippen molar-refractivity contribution in [1.82, 2.24) is 19.9 Å². The van der Waals surface area contributed by atoms with Crippen LogP contribution in [-0.2, 0) is 16.1 Å². The van der Waals surface area contributed by atoms with Crippen LogP contribution in [0.25, 0.3) is 10.9 Å². The maximum atomic E-state index is 12.9. The molecule has 2 aliphatic rings. The molecule has 1 amide bonds.